The maximum absolute atomic E-state index is 12.7. The van der Waals surface area contributed by atoms with E-state index < -0.39 is 0 Å². The summed E-state index contributed by atoms with van der Waals surface area (Å²) in [6.45, 7) is 2.38. The smallest absolute Gasteiger partial charge is 0.231 e. The summed E-state index contributed by atoms with van der Waals surface area (Å²) in [7, 11) is 0. The highest BCUT2D eigenvalue weighted by Crippen LogP contribution is 2.43. The van der Waals surface area contributed by atoms with Crippen LogP contribution in [-0.4, -0.2) is 12.6 Å². The quantitative estimate of drug-likeness (QED) is 0.389. The van der Waals surface area contributed by atoms with Crippen molar-refractivity contribution in [3.05, 3.63) is 113 Å². The molecule has 1 atom stereocenters. The molecule has 0 fully saturated rings. The van der Waals surface area contributed by atoms with Gasteiger partial charge in [-0.25, -0.2) is 0 Å². The highest BCUT2D eigenvalue weighted by molar-refractivity contribution is 5.81. The number of Topliss-reactive ketones (excluding diaryl/α,β-unsaturated/α-hetero) is 1. The van der Waals surface area contributed by atoms with E-state index in [0.717, 1.165) is 29.9 Å². The van der Waals surface area contributed by atoms with E-state index in [1.807, 2.05) is 24.3 Å². The molecule has 0 aromatic heterocycles. The molecule has 1 heterocycles. The van der Waals surface area contributed by atoms with Crippen LogP contribution in [0.15, 0.2) is 90.5 Å². The van der Waals surface area contributed by atoms with Crippen molar-refractivity contribution < 1.29 is 14.3 Å². The number of ketones is 1. The lowest BCUT2D eigenvalue weighted by Crippen LogP contribution is -2.06. The molecule has 3 aromatic rings. The van der Waals surface area contributed by atoms with Gasteiger partial charge in [-0.15, -0.1) is 0 Å². The fourth-order valence-electron chi connectivity index (χ4n) is 4.65. The number of rotatable bonds is 8. The first-order valence-electron chi connectivity index (χ1n) is 11.6. The van der Waals surface area contributed by atoms with Crippen LogP contribution in [0.3, 0.4) is 0 Å². The van der Waals surface area contributed by atoms with Crippen molar-refractivity contribution >= 4 is 11.4 Å². The fraction of sp³-hybridized carbons (Fsp3) is 0.233. The van der Waals surface area contributed by atoms with Crippen LogP contribution in [0.2, 0.25) is 0 Å². The highest BCUT2D eigenvalue weighted by Gasteiger charge is 2.26. The third-order valence-corrected chi connectivity index (χ3v) is 6.50. The van der Waals surface area contributed by atoms with Crippen LogP contribution in [0.4, 0.5) is 0 Å². The van der Waals surface area contributed by atoms with E-state index in [0.29, 0.717) is 18.6 Å². The average Bonchev–Trinajstić information content (AvgIpc) is 3.49. The number of aryl methyl sites for hydroxylation is 2. The number of allylic oxidation sites excluding steroid dienone is 4. The molecule has 0 radical (unpaired) electrons. The minimum absolute atomic E-state index is 0.203. The Morgan fingerprint density at radius 1 is 0.848 bits per heavy atom. The molecule has 2 aliphatic rings. The van der Waals surface area contributed by atoms with Crippen LogP contribution in [-0.2, 0) is 11.2 Å². The van der Waals surface area contributed by atoms with Crippen LogP contribution in [0.25, 0.3) is 5.57 Å². The van der Waals surface area contributed by atoms with Crippen LogP contribution in [0.1, 0.15) is 47.4 Å². The Hall–Kier alpha value is -3.59. The molecule has 0 spiro atoms. The summed E-state index contributed by atoms with van der Waals surface area (Å²) in [6, 6.07) is 25.3. The van der Waals surface area contributed by atoms with Gasteiger partial charge in [0.25, 0.3) is 0 Å². The van der Waals surface area contributed by atoms with Crippen LogP contribution >= 0.6 is 0 Å². The van der Waals surface area contributed by atoms with Crippen molar-refractivity contribution in [3.63, 3.8) is 0 Å². The number of carbonyl (C=O) groups is 1. The highest BCUT2D eigenvalue weighted by atomic mass is 16.7. The van der Waals surface area contributed by atoms with Gasteiger partial charge in [0.15, 0.2) is 11.5 Å². The molecular formula is C30H28O3. The van der Waals surface area contributed by atoms with Crippen molar-refractivity contribution in [1.29, 1.82) is 0 Å². The Bertz CT molecular complexity index is 1200. The van der Waals surface area contributed by atoms with Crippen molar-refractivity contribution in [3.8, 4) is 11.5 Å². The van der Waals surface area contributed by atoms with Gasteiger partial charge in [-0.05, 0) is 54.2 Å². The van der Waals surface area contributed by atoms with Crippen molar-refractivity contribution in [2.75, 3.05) is 6.79 Å². The number of hydrogen-bond donors (Lipinski definition) is 0. The number of hydrogen-bond acceptors (Lipinski definition) is 3. The number of fused-ring (bicyclic) bond motifs is 1. The predicted molar refractivity (Wildman–Crippen MR) is 132 cm³/mol. The van der Waals surface area contributed by atoms with Gasteiger partial charge in [-0.1, -0.05) is 84.0 Å². The largest absolute Gasteiger partial charge is 0.454 e. The van der Waals surface area contributed by atoms with E-state index >= 15 is 0 Å². The fourth-order valence-corrected chi connectivity index (χ4v) is 4.65. The maximum Gasteiger partial charge on any atom is 0.231 e. The summed E-state index contributed by atoms with van der Waals surface area (Å²) in [6.07, 6.45) is 7.06. The van der Waals surface area contributed by atoms with Crippen LogP contribution in [0, 0.1) is 6.92 Å². The summed E-state index contributed by atoms with van der Waals surface area (Å²) in [5.74, 6) is 2.05. The molecule has 0 N–H and O–H groups in total. The first-order chi connectivity index (χ1) is 16.2. The first-order valence-corrected chi connectivity index (χ1v) is 11.6. The van der Waals surface area contributed by atoms with Crippen molar-refractivity contribution in [2.24, 2.45) is 0 Å². The van der Waals surface area contributed by atoms with Crippen molar-refractivity contribution in [2.45, 2.75) is 38.5 Å². The molecule has 0 saturated carbocycles. The summed E-state index contributed by atoms with van der Waals surface area (Å²) < 4.78 is 10.8. The lowest BCUT2D eigenvalue weighted by atomic mass is 9.82. The Morgan fingerprint density at radius 3 is 2.42 bits per heavy atom. The molecule has 3 aromatic carbocycles. The Labute approximate surface area is 195 Å². The van der Waals surface area contributed by atoms with Gasteiger partial charge >= 0.3 is 0 Å². The number of ether oxygens (including phenoxy) is 2. The molecule has 0 amide bonds. The molecule has 0 bridgehead atoms. The monoisotopic (exact) mass is 436 g/mol. The normalized spacial score (nSPS) is 16.5. The van der Waals surface area contributed by atoms with Gasteiger partial charge in [-0.2, -0.15) is 0 Å². The second kappa shape index (κ2) is 9.50. The predicted octanol–water partition coefficient (Wildman–Crippen LogP) is 6.81. The van der Waals surface area contributed by atoms with E-state index in [2.05, 4.69) is 67.6 Å². The minimum Gasteiger partial charge on any atom is -0.454 e. The van der Waals surface area contributed by atoms with Gasteiger partial charge in [0.1, 0.15) is 5.78 Å². The van der Waals surface area contributed by atoms with Gasteiger partial charge in [0, 0.05) is 18.8 Å². The van der Waals surface area contributed by atoms with Gasteiger partial charge in [-0.3, -0.25) is 4.79 Å². The van der Waals surface area contributed by atoms with Crippen LogP contribution in [0.5, 0.6) is 11.5 Å². The third kappa shape index (κ3) is 4.78. The summed E-state index contributed by atoms with van der Waals surface area (Å²) in [4.78, 5) is 12.7. The van der Waals surface area contributed by atoms with Crippen molar-refractivity contribution in [1.82, 2.24) is 0 Å². The lowest BCUT2D eigenvalue weighted by Gasteiger charge is -2.21. The maximum atomic E-state index is 12.7. The van der Waals surface area contributed by atoms with Gasteiger partial charge < -0.3 is 9.47 Å². The molecular weight excluding hydrogens is 408 g/mol. The molecule has 3 heteroatoms. The standard InChI is InChI=1S/C30H28O3/c1-21-7-11-24(12-8-21)30-25(14-17-27(30)23-5-3-2-4-6-23)13-16-26(31)15-9-22-10-18-28-29(19-22)33-20-32-28/h2-8,10-12,14,17-19,30H,9,13,15-16,20H2,1H3. The second-order valence-electron chi connectivity index (χ2n) is 8.80. The summed E-state index contributed by atoms with van der Waals surface area (Å²) in [5.41, 5.74) is 7.51. The van der Waals surface area contributed by atoms with Crippen LogP contribution < -0.4 is 9.47 Å². The average molecular weight is 437 g/mol. The molecule has 3 nitrogen and oxygen atoms in total. The van der Waals surface area contributed by atoms with E-state index in [-0.39, 0.29) is 12.7 Å². The first kappa shape index (κ1) is 21.3. The number of carbonyl (C=O) groups excluding carboxylic acids is 1. The molecule has 1 unspecified atom stereocenters. The summed E-state index contributed by atoms with van der Waals surface area (Å²) in [5, 5.41) is 0. The Morgan fingerprint density at radius 2 is 1.61 bits per heavy atom. The number of benzene rings is 3. The minimum atomic E-state index is 0.203. The zero-order chi connectivity index (χ0) is 22.6. The van der Waals surface area contributed by atoms with E-state index in [1.165, 1.54) is 27.8 Å². The summed E-state index contributed by atoms with van der Waals surface area (Å²) >= 11 is 0. The van der Waals surface area contributed by atoms with Gasteiger partial charge in [0.05, 0.1) is 0 Å². The molecule has 0 saturated heterocycles. The Balaban J connectivity index is 1.24. The Kier molecular flexibility index (Phi) is 6.12. The van der Waals surface area contributed by atoms with E-state index in [4.69, 9.17) is 9.47 Å². The van der Waals surface area contributed by atoms with Gasteiger partial charge in [0.2, 0.25) is 6.79 Å². The molecule has 5 rings (SSSR count). The molecule has 1 aliphatic carbocycles. The second-order valence-corrected chi connectivity index (χ2v) is 8.80. The van der Waals surface area contributed by atoms with E-state index in [1.54, 1.807) is 0 Å². The molecule has 33 heavy (non-hydrogen) atoms. The molecule has 166 valence electrons. The molecule has 1 aliphatic heterocycles. The zero-order valence-electron chi connectivity index (χ0n) is 18.9. The van der Waals surface area contributed by atoms with E-state index in [9.17, 15) is 4.79 Å². The SMILES string of the molecule is Cc1ccc(C2C(CCC(=O)CCc3ccc4c(c3)OCO4)=CC=C2c2ccccc2)cc1. The topological polar surface area (TPSA) is 35.5 Å². The third-order valence-electron chi connectivity index (χ3n) is 6.50. The zero-order valence-corrected chi connectivity index (χ0v) is 18.9. The lowest BCUT2D eigenvalue weighted by molar-refractivity contribution is -0.119.